The van der Waals surface area contributed by atoms with Crippen molar-refractivity contribution in [3.05, 3.63) is 48.6 Å². The van der Waals surface area contributed by atoms with Crippen LogP contribution in [0, 0.1) is 0 Å². The molecule has 0 aromatic rings. The Labute approximate surface area is 324 Å². The van der Waals surface area contributed by atoms with Gasteiger partial charge < -0.3 is 18.9 Å². The van der Waals surface area contributed by atoms with E-state index < -0.39 is 32.5 Å². The van der Waals surface area contributed by atoms with Gasteiger partial charge in [-0.3, -0.25) is 18.6 Å². The van der Waals surface area contributed by atoms with Crippen molar-refractivity contribution in [2.75, 3.05) is 47.5 Å². The predicted octanol–water partition coefficient (Wildman–Crippen LogP) is 11.5. The molecule has 0 spiro atoms. The zero-order valence-corrected chi connectivity index (χ0v) is 35.4. The lowest BCUT2D eigenvalue weighted by atomic mass is 10.0. The van der Waals surface area contributed by atoms with Gasteiger partial charge in [0, 0.05) is 12.8 Å². The zero-order valence-electron chi connectivity index (χ0n) is 34.5. The summed E-state index contributed by atoms with van der Waals surface area (Å²) in [5, 5.41) is 0. The summed E-state index contributed by atoms with van der Waals surface area (Å²) < 4.78 is 34.2. The Morgan fingerprint density at radius 2 is 1.08 bits per heavy atom. The van der Waals surface area contributed by atoms with E-state index in [4.69, 9.17) is 18.5 Å². The van der Waals surface area contributed by atoms with Crippen LogP contribution in [0.3, 0.4) is 0 Å². The summed E-state index contributed by atoms with van der Waals surface area (Å²) in [6.45, 7) is 4.25. The van der Waals surface area contributed by atoms with Gasteiger partial charge in [-0.25, -0.2) is 4.57 Å². The first kappa shape index (κ1) is 51.0. The Morgan fingerprint density at radius 1 is 0.604 bits per heavy atom. The Bertz CT molecular complexity index is 1050. The molecule has 0 heterocycles. The van der Waals surface area contributed by atoms with Gasteiger partial charge in [0.05, 0.1) is 27.7 Å². The fraction of sp³-hybridized carbons (Fsp3) is 0.767. The van der Waals surface area contributed by atoms with Crippen molar-refractivity contribution < 1.29 is 42.1 Å². The van der Waals surface area contributed by atoms with E-state index in [0.29, 0.717) is 23.9 Å². The van der Waals surface area contributed by atoms with Gasteiger partial charge in [0.1, 0.15) is 19.8 Å². The molecule has 1 unspecified atom stereocenters. The number of carbonyl (C=O) groups excluding carboxylic acids is 2. The molecule has 0 aliphatic rings. The van der Waals surface area contributed by atoms with Crippen LogP contribution < -0.4 is 0 Å². The number of hydrogen-bond donors (Lipinski definition) is 1. The Kier molecular flexibility index (Phi) is 34.3. The second-order valence-electron chi connectivity index (χ2n) is 15.1. The first-order chi connectivity index (χ1) is 25.5. The minimum absolute atomic E-state index is 0.0269. The summed E-state index contributed by atoms with van der Waals surface area (Å²) >= 11 is 0. The number of allylic oxidation sites excluding steroid dienone is 8. The van der Waals surface area contributed by atoms with E-state index in [9.17, 15) is 19.0 Å². The molecular weight excluding hydrogens is 689 g/mol. The third-order valence-electron chi connectivity index (χ3n) is 8.72. The molecule has 0 rings (SSSR count). The lowest BCUT2D eigenvalue weighted by Gasteiger charge is -2.24. The minimum atomic E-state index is -4.38. The van der Waals surface area contributed by atoms with Gasteiger partial charge in [0.25, 0.3) is 0 Å². The van der Waals surface area contributed by atoms with Crippen LogP contribution in [0.2, 0.25) is 0 Å². The topological polar surface area (TPSA) is 108 Å². The van der Waals surface area contributed by atoms with Crippen molar-refractivity contribution in [3.63, 3.8) is 0 Å². The number of ether oxygens (including phenoxy) is 2. The van der Waals surface area contributed by atoms with Crippen LogP contribution in [0.1, 0.15) is 162 Å². The van der Waals surface area contributed by atoms with Crippen molar-refractivity contribution in [1.82, 2.24) is 0 Å². The monoisotopic (exact) mass is 769 g/mol. The largest absolute Gasteiger partial charge is 0.472 e. The fourth-order valence-corrected chi connectivity index (χ4v) is 6.18. The molecule has 0 aliphatic carbocycles. The highest BCUT2D eigenvalue weighted by atomic mass is 31.2. The van der Waals surface area contributed by atoms with Crippen LogP contribution in [0.4, 0.5) is 0 Å². The van der Waals surface area contributed by atoms with E-state index in [0.717, 1.165) is 51.4 Å². The summed E-state index contributed by atoms with van der Waals surface area (Å²) in [5.41, 5.74) is 0. The van der Waals surface area contributed by atoms with Crippen molar-refractivity contribution >= 4 is 19.8 Å². The molecule has 1 N–H and O–H groups in total. The number of phosphoric acid groups is 1. The van der Waals surface area contributed by atoms with E-state index in [1.165, 1.54) is 70.6 Å². The minimum Gasteiger partial charge on any atom is -0.462 e. The van der Waals surface area contributed by atoms with Gasteiger partial charge in [-0.15, -0.1) is 0 Å². The SMILES string of the molecule is CC/C=C/C=C/C=C/C=C/CCCCCCCC(=O)OC[C@H](COP(=O)(O)OCC[N+](C)(C)C)OC(=O)CCCCCCCCCCCCCCCC. The molecule has 0 saturated heterocycles. The van der Waals surface area contributed by atoms with Crippen LogP contribution in [-0.2, 0) is 32.7 Å². The van der Waals surface area contributed by atoms with Crippen molar-refractivity contribution in [3.8, 4) is 0 Å². The average molecular weight is 769 g/mol. The van der Waals surface area contributed by atoms with Gasteiger partial charge in [0.15, 0.2) is 6.10 Å². The third-order valence-corrected chi connectivity index (χ3v) is 9.70. The third kappa shape index (κ3) is 39.5. The Hall–Kier alpha value is -2.03. The maximum absolute atomic E-state index is 12.7. The second kappa shape index (κ2) is 35.7. The highest BCUT2D eigenvalue weighted by Crippen LogP contribution is 2.43. The standard InChI is InChI=1S/C43H78NO8P/c1-6-8-10-12-14-16-18-20-22-24-25-27-29-31-33-35-42(45)49-39-41(40-51-53(47,48)50-38-37-44(3,4)5)52-43(46)36-34-32-30-28-26-23-21-19-17-15-13-11-9-7-2/h8,10,12,14,16,18,20,22,41H,6-7,9,11,13,15,17,19,21,23-40H2,1-5H3/p+1/b10-8+,14-12+,18-16+,22-20+/t41-/m1/s1. The molecule has 0 amide bonds. The molecule has 0 fully saturated rings. The molecule has 0 saturated carbocycles. The van der Waals surface area contributed by atoms with Crippen molar-refractivity contribution in [2.24, 2.45) is 0 Å². The van der Waals surface area contributed by atoms with E-state index >= 15 is 0 Å². The summed E-state index contributed by atoms with van der Waals surface area (Å²) in [5.74, 6) is -0.826. The summed E-state index contributed by atoms with van der Waals surface area (Å²) in [7, 11) is 1.46. The van der Waals surface area contributed by atoms with Gasteiger partial charge in [-0.1, -0.05) is 165 Å². The number of carbonyl (C=O) groups is 2. The molecule has 10 heteroatoms. The fourth-order valence-electron chi connectivity index (χ4n) is 5.44. The highest BCUT2D eigenvalue weighted by Gasteiger charge is 2.27. The van der Waals surface area contributed by atoms with Crippen LogP contribution in [0.25, 0.3) is 0 Å². The number of hydrogen-bond acceptors (Lipinski definition) is 7. The number of nitrogens with zero attached hydrogens (tertiary/aromatic N) is 1. The molecule has 2 atom stereocenters. The molecule has 0 aromatic heterocycles. The Balaban J connectivity index is 4.43. The number of likely N-dealkylation sites (N-methyl/N-ethyl adjacent to an activating group) is 1. The predicted molar refractivity (Wildman–Crippen MR) is 220 cm³/mol. The first-order valence-corrected chi connectivity index (χ1v) is 22.4. The molecule has 0 radical (unpaired) electrons. The number of esters is 2. The molecule has 0 aromatic carbocycles. The second-order valence-corrected chi connectivity index (χ2v) is 16.5. The van der Waals surface area contributed by atoms with E-state index in [1.54, 1.807) is 0 Å². The smallest absolute Gasteiger partial charge is 0.462 e. The van der Waals surface area contributed by atoms with E-state index in [1.807, 2.05) is 51.5 Å². The maximum Gasteiger partial charge on any atom is 0.472 e. The molecule has 53 heavy (non-hydrogen) atoms. The van der Waals surface area contributed by atoms with E-state index in [-0.39, 0.29) is 26.1 Å². The number of quaternary nitrogens is 1. The number of phosphoric ester groups is 1. The lowest BCUT2D eigenvalue weighted by molar-refractivity contribution is -0.870. The first-order valence-electron chi connectivity index (χ1n) is 20.9. The molecule has 308 valence electrons. The normalized spacial score (nSPS) is 14.2. The van der Waals surface area contributed by atoms with Crippen LogP contribution >= 0.6 is 7.82 Å². The Morgan fingerprint density at radius 3 is 1.60 bits per heavy atom. The number of rotatable bonds is 37. The van der Waals surface area contributed by atoms with Crippen LogP contribution in [0.15, 0.2) is 48.6 Å². The van der Waals surface area contributed by atoms with Crippen molar-refractivity contribution in [1.29, 1.82) is 0 Å². The van der Waals surface area contributed by atoms with Gasteiger partial charge in [-0.2, -0.15) is 0 Å². The summed E-state index contributed by atoms with van der Waals surface area (Å²) in [4.78, 5) is 35.3. The van der Waals surface area contributed by atoms with Gasteiger partial charge in [0.2, 0.25) is 0 Å². The van der Waals surface area contributed by atoms with Crippen LogP contribution in [-0.4, -0.2) is 74.9 Å². The van der Waals surface area contributed by atoms with E-state index in [2.05, 4.69) is 32.1 Å². The molecular formula is C43H79NO8P+. The van der Waals surface area contributed by atoms with Crippen molar-refractivity contribution in [2.45, 2.75) is 168 Å². The maximum atomic E-state index is 12.7. The lowest BCUT2D eigenvalue weighted by Crippen LogP contribution is -2.37. The number of unbranched alkanes of at least 4 members (excludes halogenated alkanes) is 18. The van der Waals surface area contributed by atoms with Gasteiger partial charge >= 0.3 is 19.8 Å². The molecule has 9 nitrogen and oxygen atoms in total. The highest BCUT2D eigenvalue weighted by molar-refractivity contribution is 7.47. The summed E-state index contributed by atoms with van der Waals surface area (Å²) in [6.07, 6.45) is 40.1. The summed E-state index contributed by atoms with van der Waals surface area (Å²) in [6, 6.07) is 0. The zero-order chi connectivity index (χ0) is 39.3. The molecule has 0 bridgehead atoms. The molecule has 0 aliphatic heterocycles. The quantitative estimate of drug-likeness (QED) is 0.0219. The van der Waals surface area contributed by atoms with Gasteiger partial charge in [-0.05, 0) is 32.1 Å². The van der Waals surface area contributed by atoms with Crippen LogP contribution in [0.5, 0.6) is 0 Å². The average Bonchev–Trinajstić information content (AvgIpc) is 3.10.